The molecule has 4 N–H and O–H groups in total. The smallest absolute Gasteiger partial charge is 0.356 e. The van der Waals surface area contributed by atoms with Crippen LogP contribution in [-0.4, -0.2) is 61.8 Å². The van der Waals surface area contributed by atoms with Crippen LogP contribution in [0.25, 0.3) is 0 Å². The van der Waals surface area contributed by atoms with Gasteiger partial charge in [-0.1, -0.05) is 18.2 Å². The van der Waals surface area contributed by atoms with Gasteiger partial charge in [0.1, 0.15) is 0 Å². The Bertz CT molecular complexity index is 440. The van der Waals surface area contributed by atoms with Gasteiger partial charge in [-0.15, -0.1) is 0 Å². The number of esters is 1. The first-order chi connectivity index (χ1) is 9.41. The number of alkyl halides is 1. The lowest BCUT2D eigenvalue weighted by atomic mass is 10.3. The molecule has 0 radical (unpaired) electrons. The van der Waals surface area contributed by atoms with Crippen LogP contribution in [-0.2, 0) is 28.7 Å². The molecule has 118 valence electrons. The normalized spacial score (nSPS) is 9.33. The second-order valence-electron chi connectivity index (χ2n) is 3.28. The van der Waals surface area contributed by atoms with Crippen molar-refractivity contribution in [3.05, 3.63) is 12.2 Å². The summed E-state index contributed by atoms with van der Waals surface area (Å²) in [6.45, 7) is 4.45. The van der Waals surface area contributed by atoms with Gasteiger partial charge in [0.2, 0.25) is 5.38 Å². The minimum atomic E-state index is -2.18. The molecular weight excluding hydrogens is 316 g/mol. The van der Waals surface area contributed by atoms with E-state index < -0.39 is 41.3 Å². The monoisotopic (exact) mass is 326 g/mol. The molecule has 10 nitrogen and oxygen atoms in total. The van der Waals surface area contributed by atoms with E-state index in [1.807, 2.05) is 0 Å². The summed E-state index contributed by atoms with van der Waals surface area (Å²) in [6, 6.07) is 0. The fourth-order valence-electron chi connectivity index (χ4n) is 0.520. The lowest BCUT2D eigenvalue weighted by Gasteiger charge is -2.08. The fraction of sp³-hybridized carbons (Fsp3) is 0.300. The van der Waals surface area contributed by atoms with E-state index in [1.165, 1.54) is 6.92 Å². The number of carboxylic acids is 4. The maximum Gasteiger partial charge on any atom is 0.356 e. The average molecular weight is 327 g/mol. The van der Waals surface area contributed by atoms with Crippen molar-refractivity contribution in [2.24, 2.45) is 0 Å². The molecule has 0 saturated heterocycles. The first-order valence-electron chi connectivity index (χ1n) is 4.83. The lowest BCUT2D eigenvalue weighted by molar-refractivity contribution is -0.172. The summed E-state index contributed by atoms with van der Waals surface area (Å²) in [5, 5.41) is 30.4. The molecule has 0 saturated carbocycles. The van der Waals surface area contributed by atoms with E-state index in [9.17, 15) is 24.0 Å². The Morgan fingerprint density at radius 2 is 1.24 bits per heavy atom. The largest absolute Gasteiger partial charge is 0.480 e. The highest BCUT2D eigenvalue weighted by Gasteiger charge is 2.30. The highest BCUT2D eigenvalue weighted by atomic mass is 35.5. The van der Waals surface area contributed by atoms with E-state index in [4.69, 9.17) is 32.0 Å². The molecule has 0 aliphatic heterocycles. The molecule has 0 aromatic rings. The molecule has 0 aliphatic rings. The van der Waals surface area contributed by atoms with Crippen molar-refractivity contribution in [3.8, 4) is 0 Å². The maximum absolute atomic E-state index is 10.7. The van der Waals surface area contributed by atoms with Crippen molar-refractivity contribution in [2.45, 2.75) is 18.4 Å². The molecule has 0 rings (SSSR count). The van der Waals surface area contributed by atoms with Gasteiger partial charge in [-0.05, 0) is 6.92 Å². The molecule has 0 spiro atoms. The summed E-state index contributed by atoms with van der Waals surface area (Å²) in [5.41, 5.74) is -0.0625. The number of ether oxygens (including phenoxy) is 1. The third kappa shape index (κ3) is 8.99. The second kappa shape index (κ2) is 9.31. The van der Waals surface area contributed by atoms with Crippen molar-refractivity contribution < 1.29 is 49.1 Å². The molecule has 0 aliphatic carbocycles. The van der Waals surface area contributed by atoms with Gasteiger partial charge in [0, 0.05) is 5.57 Å². The van der Waals surface area contributed by atoms with E-state index in [1.54, 1.807) is 0 Å². The summed E-state index contributed by atoms with van der Waals surface area (Å²) in [4.78, 5) is 50.4. The Kier molecular flexibility index (Phi) is 9.17. The second-order valence-corrected chi connectivity index (χ2v) is 3.72. The number of hydrogen-bond donors (Lipinski definition) is 4. The van der Waals surface area contributed by atoms with E-state index in [2.05, 4.69) is 11.3 Å². The molecule has 0 aromatic carbocycles. The quantitative estimate of drug-likeness (QED) is 0.213. The number of carboxylic acid groups (broad SMARTS) is 4. The van der Waals surface area contributed by atoms with E-state index in [-0.39, 0.29) is 5.57 Å². The van der Waals surface area contributed by atoms with Crippen LogP contribution in [0.2, 0.25) is 0 Å². The Morgan fingerprint density at radius 3 is 1.38 bits per heavy atom. The summed E-state index contributed by atoms with van der Waals surface area (Å²) >= 11 is 4.75. The number of carbonyl (C=O) groups is 5. The molecule has 11 heteroatoms. The van der Waals surface area contributed by atoms with Gasteiger partial charge >= 0.3 is 29.8 Å². The summed E-state index contributed by atoms with van der Waals surface area (Å²) in [6.07, 6.45) is -2.18. The van der Waals surface area contributed by atoms with Crippen LogP contribution in [0.3, 0.4) is 0 Å². The third-order valence-corrected chi connectivity index (χ3v) is 1.83. The molecule has 0 fully saturated rings. The molecule has 0 atom stereocenters. The molecule has 0 aromatic heterocycles. The van der Waals surface area contributed by atoms with Crippen LogP contribution in [0, 0.1) is 0 Å². The number of rotatable bonds is 6. The van der Waals surface area contributed by atoms with Crippen LogP contribution in [0.4, 0.5) is 0 Å². The van der Waals surface area contributed by atoms with Gasteiger partial charge in [-0.25, -0.2) is 24.0 Å². The number of halogens is 1. The zero-order valence-corrected chi connectivity index (χ0v) is 11.2. The highest BCUT2D eigenvalue weighted by molar-refractivity contribution is 6.39. The van der Waals surface area contributed by atoms with Crippen molar-refractivity contribution in [2.75, 3.05) is 0 Å². The van der Waals surface area contributed by atoms with E-state index >= 15 is 0 Å². The number of carbonyl (C=O) groups excluding carboxylic acids is 1. The minimum absolute atomic E-state index is 0.0625. The first kappa shape index (κ1) is 20.7. The predicted octanol–water partition coefficient (Wildman–Crippen LogP) is -0.593. The zero-order chi connectivity index (χ0) is 17.3. The van der Waals surface area contributed by atoms with Gasteiger partial charge in [-0.2, -0.15) is 0 Å². The van der Waals surface area contributed by atoms with Crippen LogP contribution >= 0.6 is 11.6 Å². The maximum atomic E-state index is 10.7. The van der Waals surface area contributed by atoms with Crippen LogP contribution < -0.4 is 0 Å². The topological polar surface area (TPSA) is 176 Å². The Balaban J connectivity index is 0. The molecule has 0 bridgehead atoms. The predicted molar refractivity (Wildman–Crippen MR) is 64.9 cm³/mol. The lowest BCUT2D eigenvalue weighted by Crippen LogP contribution is -2.34. The summed E-state index contributed by atoms with van der Waals surface area (Å²) in [7, 11) is 0. The molecule has 0 amide bonds. The standard InChI is InChI=1S/C7H8O6.C3H3ClO4/c1-3(2)7(12)13-4(5(8)9)6(10)11;4-1(2(5)6)3(7)8/h4H,1H2,2H3,(H,8,9)(H,10,11);1H,(H,5,6)(H,7,8). The molecular formula is C10H11ClO10. The van der Waals surface area contributed by atoms with Gasteiger partial charge in [0.15, 0.2) is 0 Å². The van der Waals surface area contributed by atoms with Gasteiger partial charge in [-0.3, -0.25) is 0 Å². The summed E-state index contributed by atoms with van der Waals surface area (Å²) < 4.78 is 4.10. The zero-order valence-electron chi connectivity index (χ0n) is 10.5. The SMILES string of the molecule is C=C(C)C(=O)OC(C(=O)O)C(=O)O.O=C(O)C(Cl)C(=O)O. The highest BCUT2D eigenvalue weighted by Crippen LogP contribution is 1.99. The Labute approximate surface area is 122 Å². The van der Waals surface area contributed by atoms with Gasteiger partial charge in [0.05, 0.1) is 0 Å². The van der Waals surface area contributed by atoms with Crippen molar-refractivity contribution in [3.63, 3.8) is 0 Å². The van der Waals surface area contributed by atoms with Crippen molar-refractivity contribution >= 4 is 41.4 Å². The van der Waals surface area contributed by atoms with E-state index in [0.717, 1.165) is 0 Å². The summed E-state index contributed by atoms with van der Waals surface area (Å²) in [5.74, 6) is -7.60. The van der Waals surface area contributed by atoms with Crippen LogP contribution in [0.5, 0.6) is 0 Å². The molecule has 21 heavy (non-hydrogen) atoms. The van der Waals surface area contributed by atoms with Crippen LogP contribution in [0.15, 0.2) is 12.2 Å². The van der Waals surface area contributed by atoms with E-state index in [0.29, 0.717) is 0 Å². The molecule has 0 unspecified atom stereocenters. The van der Waals surface area contributed by atoms with Gasteiger partial charge in [0.25, 0.3) is 6.10 Å². The Hall–Kier alpha value is -2.62. The Morgan fingerprint density at radius 1 is 0.905 bits per heavy atom. The fourth-order valence-corrected chi connectivity index (χ4v) is 0.520. The van der Waals surface area contributed by atoms with Crippen molar-refractivity contribution in [1.82, 2.24) is 0 Å². The average Bonchev–Trinajstić information content (AvgIpc) is 2.33. The number of hydrogen-bond acceptors (Lipinski definition) is 6. The minimum Gasteiger partial charge on any atom is -0.480 e. The molecule has 0 heterocycles. The van der Waals surface area contributed by atoms with Gasteiger partial charge < -0.3 is 25.2 Å². The van der Waals surface area contributed by atoms with Crippen molar-refractivity contribution in [1.29, 1.82) is 0 Å². The third-order valence-electron chi connectivity index (χ3n) is 1.46. The first-order valence-corrected chi connectivity index (χ1v) is 5.27. The number of aliphatic carboxylic acids is 4. The van der Waals surface area contributed by atoms with Crippen LogP contribution in [0.1, 0.15) is 6.92 Å².